The molecule has 1 aromatic heterocycles. The highest BCUT2D eigenvalue weighted by Crippen LogP contribution is 2.17. The number of aromatic nitrogens is 1. The van der Waals surface area contributed by atoms with Gasteiger partial charge >= 0.3 is 0 Å². The second-order valence-corrected chi connectivity index (χ2v) is 2.52. The molecule has 1 heterocycles. The molecule has 1 rings (SSSR count). The smallest absolute Gasteiger partial charge is 0.290 e. The molecule has 3 N–H and O–H groups in total. The first kappa shape index (κ1) is 13.8. The van der Waals surface area contributed by atoms with Gasteiger partial charge in [0.05, 0.1) is 19.2 Å². The zero-order valence-electron chi connectivity index (χ0n) is 8.51. The van der Waals surface area contributed by atoms with Crippen molar-refractivity contribution in [2.24, 2.45) is 5.73 Å². The third kappa shape index (κ3) is 4.36. The standard InChI is InChI=1S/C8H9FN2O2.CH2O2/c1-13-6-2-3-11-5(8(6)9)4-7(10)12;2-1-3/h2-3H,4H2,1H3,(H2,10,12);1H,(H,2,3). The Balaban J connectivity index is 0.000000673. The van der Waals surface area contributed by atoms with Crippen LogP contribution in [0.4, 0.5) is 4.39 Å². The first-order valence-electron chi connectivity index (χ1n) is 4.10. The minimum absolute atomic E-state index is 0.00634. The van der Waals surface area contributed by atoms with E-state index in [-0.39, 0.29) is 24.3 Å². The van der Waals surface area contributed by atoms with E-state index in [4.69, 9.17) is 20.4 Å². The summed E-state index contributed by atoms with van der Waals surface area (Å²) in [6.45, 7) is -0.250. The Kier molecular flexibility index (Phi) is 6.18. The van der Waals surface area contributed by atoms with E-state index in [9.17, 15) is 9.18 Å². The van der Waals surface area contributed by atoms with Crippen molar-refractivity contribution in [3.05, 3.63) is 23.8 Å². The highest BCUT2D eigenvalue weighted by Gasteiger charge is 2.11. The molecule has 0 bridgehead atoms. The lowest BCUT2D eigenvalue weighted by atomic mass is 10.2. The molecule has 0 saturated heterocycles. The number of methoxy groups -OCH3 is 1. The van der Waals surface area contributed by atoms with Crippen LogP contribution in [0.3, 0.4) is 0 Å². The van der Waals surface area contributed by atoms with Crippen molar-refractivity contribution in [1.29, 1.82) is 0 Å². The topological polar surface area (TPSA) is 103 Å². The van der Waals surface area contributed by atoms with E-state index in [0.717, 1.165) is 0 Å². The largest absolute Gasteiger partial charge is 0.494 e. The first-order chi connectivity index (χ1) is 7.56. The molecule has 7 heteroatoms. The van der Waals surface area contributed by atoms with E-state index >= 15 is 0 Å². The molecule has 0 aliphatic carbocycles. The van der Waals surface area contributed by atoms with Crippen LogP contribution in [-0.2, 0) is 16.0 Å². The summed E-state index contributed by atoms with van der Waals surface area (Å²) in [5.74, 6) is -1.20. The number of halogens is 1. The Bertz CT molecular complexity index is 371. The minimum atomic E-state index is -0.635. The van der Waals surface area contributed by atoms with E-state index in [2.05, 4.69) is 4.98 Å². The van der Waals surface area contributed by atoms with Gasteiger partial charge in [0.1, 0.15) is 0 Å². The third-order valence-electron chi connectivity index (χ3n) is 1.49. The van der Waals surface area contributed by atoms with E-state index in [0.29, 0.717) is 0 Å². The number of hydrogen-bond donors (Lipinski definition) is 2. The molecule has 0 spiro atoms. The van der Waals surface area contributed by atoms with Crippen LogP contribution in [0.15, 0.2) is 12.3 Å². The maximum Gasteiger partial charge on any atom is 0.290 e. The van der Waals surface area contributed by atoms with Gasteiger partial charge in [0.2, 0.25) is 5.91 Å². The molecule has 0 saturated carbocycles. The predicted octanol–water partition coefficient (Wildman–Crippen LogP) is -0.0421. The number of carbonyl (C=O) groups is 2. The lowest BCUT2D eigenvalue weighted by Crippen LogP contribution is -2.15. The van der Waals surface area contributed by atoms with Crippen LogP contribution in [0, 0.1) is 5.82 Å². The molecule has 1 aromatic rings. The monoisotopic (exact) mass is 230 g/mol. The van der Waals surface area contributed by atoms with Crippen molar-refractivity contribution in [3.63, 3.8) is 0 Å². The second kappa shape index (κ2) is 7.16. The fourth-order valence-corrected chi connectivity index (χ4v) is 0.913. The Morgan fingerprint density at radius 3 is 2.75 bits per heavy atom. The fraction of sp³-hybridized carbons (Fsp3) is 0.222. The molecular formula is C9H11FN2O4. The number of carbonyl (C=O) groups excluding carboxylic acids is 1. The van der Waals surface area contributed by atoms with Crippen molar-refractivity contribution in [2.45, 2.75) is 6.42 Å². The number of nitrogens with zero attached hydrogens (tertiary/aromatic N) is 1. The summed E-state index contributed by atoms with van der Waals surface area (Å²) in [5.41, 5.74) is 4.90. The van der Waals surface area contributed by atoms with Gasteiger partial charge in [-0.1, -0.05) is 0 Å². The maximum absolute atomic E-state index is 13.2. The van der Waals surface area contributed by atoms with Gasteiger partial charge in [-0.15, -0.1) is 0 Å². The molecule has 88 valence electrons. The summed E-state index contributed by atoms with van der Waals surface area (Å²) in [5, 5.41) is 6.89. The number of carboxylic acid groups (broad SMARTS) is 1. The summed E-state index contributed by atoms with van der Waals surface area (Å²) in [4.78, 5) is 22.5. The van der Waals surface area contributed by atoms with Crippen LogP contribution in [0.1, 0.15) is 5.69 Å². The number of hydrogen-bond acceptors (Lipinski definition) is 4. The summed E-state index contributed by atoms with van der Waals surface area (Å²) < 4.78 is 17.9. The van der Waals surface area contributed by atoms with E-state index in [1.54, 1.807) is 0 Å². The van der Waals surface area contributed by atoms with Crippen molar-refractivity contribution < 1.29 is 23.8 Å². The highest BCUT2D eigenvalue weighted by atomic mass is 19.1. The fourth-order valence-electron chi connectivity index (χ4n) is 0.913. The third-order valence-corrected chi connectivity index (χ3v) is 1.49. The summed E-state index contributed by atoms with van der Waals surface area (Å²) in [6, 6.07) is 1.37. The lowest BCUT2D eigenvalue weighted by Gasteiger charge is -2.03. The van der Waals surface area contributed by atoms with Gasteiger partial charge < -0.3 is 15.6 Å². The Morgan fingerprint density at radius 1 is 1.75 bits per heavy atom. The van der Waals surface area contributed by atoms with Crippen LogP contribution in [0.2, 0.25) is 0 Å². The van der Waals surface area contributed by atoms with E-state index in [1.807, 2.05) is 0 Å². The lowest BCUT2D eigenvalue weighted by molar-refractivity contribution is -0.123. The molecule has 6 nitrogen and oxygen atoms in total. The molecule has 1 amide bonds. The van der Waals surface area contributed by atoms with Gasteiger partial charge in [-0.05, 0) is 0 Å². The molecule has 0 aromatic carbocycles. The van der Waals surface area contributed by atoms with Crippen molar-refractivity contribution >= 4 is 12.4 Å². The Labute approximate surface area is 90.9 Å². The number of ether oxygens (including phenoxy) is 1. The molecule has 0 radical (unpaired) electrons. The molecule has 0 aliphatic heterocycles. The van der Waals surface area contributed by atoms with Crippen LogP contribution < -0.4 is 10.5 Å². The zero-order chi connectivity index (χ0) is 12.6. The normalized spacial score (nSPS) is 8.62. The maximum atomic E-state index is 13.2. The first-order valence-corrected chi connectivity index (χ1v) is 4.10. The number of pyridine rings is 1. The molecular weight excluding hydrogens is 219 g/mol. The SMILES string of the molecule is COc1ccnc(CC(N)=O)c1F.O=CO. The van der Waals surface area contributed by atoms with Crippen LogP contribution in [0.5, 0.6) is 5.75 Å². The second-order valence-electron chi connectivity index (χ2n) is 2.52. The summed E-state index contributed by atoms with van der Waals surface area (Å²) in [6.07, 6.45) is 1.14. The number of rotatable bonds is 3. The molecule has 0 aliphatic rings. The average molecular weight is 230 g/mol. The number of primary amides is 1. The molecule has 0 atom stereocenters. The summed E-state index contributed by atoms with van der Waals surface area (Å²) in [7, 11) is 1.34. The number of nitrogens with two attached hydrogens (primary N) is 1. The molecule has 16 heavy (non-hydrogen) atoms. The van der Waals surface area contributed by atoms with Crippen molar-refractivity contribution in [2.75, 3.05) is 7.11 Å². The predicted molar refractivity (Wildman–Crippen MR) is 52.3 cm³/mol. The molecule has 0 fully saturated rings. The zero-order valence-corrected chi connectivity index (χ0v) is 8.51. The van der Waals surface area contributed by atoms with Gasteiger partial charge in [-0.3, -0.25) is 14.6 Å². The van der Waals surface area contributed by atoms with Crippen LogP contribution >= 0.6 is 0 Å². The highest BCUT2D eigenvalue weighted by molar-refractivity contribution is 5.76. The quantitative estimate of drug-likeness (QED) is 0.709. The van der Waals surface area contributed by atoms with Crippen LogP contribution in [-0.4, -0.2) is 29.6 Å². The van der Waals surface area contributed by atoms with Gasteiger partial charge in [-0.2, -0.15) is 0 Å². The Morgan fingerprint density at radius 2 is 2.31 bits per heavy atom. The van der Waals surface area contributed by atoms with E-state index in [1.165, 1.54) is 19.4 Å². The Hall–Kier alpha value is -2.18. The van der Waals surface area contributed by atoms with Gasteiger partial charge in [0, 0.05) is 12.3 Å². The van der Waals surface area contributed by atoms with Gasteiger partial charge in [0.25, 0.3) is 6.47 Å². The van der Waals surface area contributed by atoms with Gasteiger partial charge in [-0.25, -0.2) is 4.39 Å². The van der Waals surface area contributed by atoms with E-state index < -0.39 is 11.7 Å². The van der Waals surface area contributed by atoms with Gasteiger partial charge in [0.15, 0.2) is 11.6 Å². The van der Waals surface area contributed by atoms with Crippen molar-refractivity contribution in [1.82, 2.24) is 4.98 Å². The number of amides is 1. The van der Waals surface area contributed by atoms with Crippen LogP contribution in [0.25, 0.3) is 0 Å². The van der Waals surface area contributed by atoms with Crippen molar-refractivity contribution in [3.8, 4) is 5.75 Å². The molecule has 0 unspecified atom stereocenters. The minimum Gasteiger partial charge on any atom is -0.494 e. The summed E-state index contributed by atoms with van der Waals surface area (Å²) >= 11 is 0. The average Bonchev–Trinajstić information content (AvgIpc) is 2.22.